The summed E-state index contributed by atoms with van der Waals surface area (Å²) in [6.07, 6.45) is 5.21. The minimum absolute atomic E-state index is 0.752. The molecule has 0 amide bonds. The Bertz CT molecular complexity index is 322. The molecule has 1 aliphatic rings. The highest BCUT2D eigenvalue weighted by Gasteiger charge is 2.29. The van der Waals surface area contributed by atoms with Crippen molar-refractivity contribution in [2.24, 2.45) is 5.92 Å². The Morgan fingerprint density at radius 3 is 2.69 bits per heavy atom. The van der Waals surface area contributed by atoms with Crippen LogP contribution in [0, 0.1) is 19.8 Å². The molecule has 1 unspecified atom stereocenters. The van der Waals surface area contributed by atoms with Crippen molar-refractivity contribution in [1.82, 2.24) is 10.3 Å². The van der Waals surface area contributed by atoms with Crippen molar-refractivity contribution in [2.45, 2.75) is 52.5 Å². The van der Waals surface area contributed by atoms with Gasteiger partial charge in [0.05, 0.1) is 10.7 Å². The van der Waals surface area contributed by atoms with Crippen LogP contribution in [0.1, 0.15) is 41.8 Å². The smallest absolute Gasteiger partial charge is 0.0943 e. The van der Waals surface area contributed by atoms with Gasteiger partial charge in [0.1, 0.15) is 0 Å². The molecule has 0 saturated heterocycles. The first kappa shape index (κ1) is 12.1. The summed E-state index contributed by atoms with van der Waals surface area (Å²) in [5, 5.41) is 4.96. The van der Waals surface area contributed by atoms with Gasteiger partial charge in [-0.05, 0) is 39.0 Å². The first-order valence-electron chi connectivity index (χ1n) is 6.37. The molecule has 1 saturated carbocycles. The highest BCUT2D eigenvalue weighted by Crippen LogP contribution is 2.33. The van der Waals surface area contributed by atoms with Gasteiger partial charge in [-0.3, -0.25) is 0 Å². The predicted octanol–water partition coefficient (Wildman–Crippen LogP) is 3.08. The summed E-state index contributed by atoms with van der Waals surface area (Å²) >= 11 is 1.85. The summed E-state index contributed by atoms with van der Waals surface area (Å²) in [6.45, 7) is 7.62. The summed E-state index contributed by atoms with van der Waals surface area (Å²) in [4.78, 5) is 5.94. The summed E-state index contributed by atoms with van der Waals surface area (Å²) in [5.41, 5.74) is 1.20. The van der Waals surface area contributed by atoms with Gasteiger partial charge < -0.3 is 5.32 Å². The Morgan fingerprint density at radius 1 is 1.44 bits per heavy atom. The van der Waals surface area contributed by atoms with Crippen LogP contribution in [0.5, 0.6) is 0 Å². The van der Waals surface area contributed by atoms with Gasteiger partial charge in [-0.1, -0.05) is 6.92 Å². The van der Waals surface area contributed by atoms with Gasteiger partial charge in [0.2, 0.25) is 0 Å². The molecular formula is C13H22N2S. The molecule has 0 bridgehead atoms. The molecule has 1 atom stereocenters. The van der Waals surface area contributed by atoms with Crippen LogP contribution in [0.3, 0.4) is 0 Å². The van der Waals surface area contributed by atoms with Crippen molar-refractivity contribution in [2.75, 3.05) is 6.54 Å². The fourth-order valence-electron chi connectivity index (χ4n) is 2.15. The van der Waals surface area contributed by atoms with E-state index in [-0.39, 0.29) is 0 Å². The van der Waals surface area contributed by atoms with E-state index in [0.29, 0.717) is 0 Å². The van der Waals surface area contributed by atoms with Crippen molar-refractivity contribution in [3.8, 4) is 0 Å². The zero-order valence-corrected chi connectivity index (χ0v) is 11.4. The molecule has 2 nitrogen and oxygen atoms in total. The van der Waals surface area contributed by atoms with Crippen molar-refractivity contribution in [1.29, 1.82) is 0 Å². The molecule has 0 spiro atoms. The Hall–Kier alpha value is -0.410. The van der Waals surface area contributed by atoms with E-state index in [0.717, 1.165) is 24.9 Å². The monoisotopic (exact) mass is 238 g/mol. The molecular weight excluding hydrogens is 216 g/mol. The lowest BCUT2D eigenvalue weighted by molar-refractivity contribution is 0.453. The Labute approximate surface area is 102 Å². The van der Waals surface area contributed by atoms with E-state index < -0.39 is 0 Å². The molecule has 1 N–H and O–H groups in total. The molecule has 16 heavy (non-hydrogen) atoms. The largest absolute Gasteiger partial charge is 0.313 e. The SMILES string of the molecule is CCC(NCCc1nc(C)c(C)s1)C1CC1. The van der Waals surface area contributed by atoms with Crippen LogP contribution < -0.4 is 5.32 Å². The van der Waals surface area contributed by atoms with Crippen molar-refractivity contribution in [3.05, 3.63) is 15.6 Å². The van der Waals surface area contributed by atoms with Crippen molar-refractivity contribution >= 4 is 11.3 Å². The molecule has 0 aromatic carbocycles. The highest BCUT2D eigenvalue weighted by molar-refractivity contribution is 7.11. The highest BCUT2D eigenvalue weighted by atomic mass is 32.1. The lowest BCUT2D eigenvalue weighted by Crippen LogP contribution is -2.32. The molecule has 1 fully saturated rings. The van der Waals surface area contributed by atoms with Crippen LogP contribution in [0.15, 0.2) is 0 Å². The third-order valence-corrected chi connectivity index (χ3v) is 4.58. The Balaban J connectivity index is 1.74. The second-order valence-corrected chi connectivity index (χ2v) is 6.09. The van der Waals surface area contributed by atoms with E-state index in [4.69, 9.17) is 0 Å². The second-order valence-electron chi connectivity index (χ2n) is 4.81. The number of aryl methyl sites for hydroxylation is 2. The molecule has 1 heterocycles. The lowest BCUT2D eigenvalue weighted by Gasteiger charge is -2.15. The van der Waals surface area contributed by atoms with Crippen LogP contribution in [0.2, 0.25) is 0 Å². The van der Waals surface area contributed by atoms with E-state index >= 15 is 0 Å². The normalized spacial score (nSPS) is 17.7. The van der Waals surface area contributed by atoms with Gasteiger partial charge in [0.15, 0.2) is 0 Å². The molecule has 90 valence electrons. The van der Waals surface area contributed by atoms with Crippen LogP contribution in [-0.4, -0.2) is 17.6 Å². The van der Waals surface area contributed by atoms with Gasteiger partial charge in [0, 0.05) is 23.9 Å². The molecule has 1 aromatic heterocycles. The topological polar surface area (TPSA) is 24.9 Å². The number of aromatic nitrogens is 1. The van der Waals surface area contributed by atoms with E-state index in [1.807, 2.05) is 11.3 Å². The van der Waals surface area contributed by atoms with E-state index in [1.54, 1.807) is 0 Å². The van der Waals surface area contributed by atoms with Crippen molar-refractivity contribution in [3.63, 3.8) is 0 Å². The third kappa shape index (κ3) is 3.05. The van der Waals surface area contributed by atoms with Gasteiger partial charge in [-0.15, -0.1) is 11.3 Å². The molecule has 3 heteroatoms. The minimum atomic E-state index is 0.752. The van der Waals surface area contributed by atoms with E-state index in [9.17, 15) is 0 Å². The van der Waals surface area contributed by atoms with E-state index in [1.165, 1.54) is 34.8 Å². The van der Waals surface area contributed by atoms with Crippen molar-refractivity contribution < 1.29 is 0 Å². The van der Waals surface area contributed by atoms with Crippen LogP contribution >= 0.6 is 11.3 Å². The number of nitrogens with one attached hydrogen (secondary N) is 1. The molecule has 0 aliphatic heterocycles. The molecule has 1 aliphatic carbocycles. The summed E-state index contributed by atoms with van der Waals surface area (Å²) in [6, 6.07) is 0.752. The van der Waals surface area contributed by atoms with Crippen LogP contribution in [0.25, 0.3) is 0 Å². The lowest BCUT2D eigenvalue weighted by atomic mass is 10.1. The summed E-state index contributed by atoms with van der Waals surface area (Å²) in [5.74, 6) is 0.963. The average Bonchev–Trinajstić information content (AvgIpc) is 3.03. The maximum absolute atomic E-state index is 4.57. The fourth-order valence-corrected chi connectivity index (χ4v) is 3.09. The molecule has 1 aromatic rings. The minimum Gasteiger partial charge on any atom is -0.313 e. The number of hydrogen-bond donors (Lipinski definition) is 1. The van der Waals surface area contributed by atoms with E-state index in [2.05, 4.69) is 31.1 Å². The standard InChI is InChI=1S/C13H22N2S/c1-4-12(11-5-6-11)14-8-7-13-15-9(2)10(3)16-13/h11-12,14H,4-8H2,1-3H3. The number of nitrogens with zero attached hydrogens (tertiary/aromatic N) is 1. The first-order valence-corrected chi connectivity index (χ1v) is 7.18. The summed E-state index contributed by atoms with van der Waals surface area (Å²) in [7, 11) is 0. The quantitative estimate of drug-likeness (QED) is 0.824. The first-order chi connectivity index (χ1) is 7.70. The third-order valence-electron chi connectivity index (χ3n) is 3.45. The van der Waals surface area contributed by atoms with Gasteiger partial charge in [0.25, 0.3) is 0 Å². The molecule has 0 radical (unpaired) electrons. The number of rotatable bonds is 6. The average molecular weight is 238 g/mol. The fraction of sp³-hybridized carbons (Fsp3) is 0.769. The zero-order chi connectivity index (χ0) is 11.5. The van der Waals surface area contributed by atoms with Crippen LogP contribution in [-0.2, 0) is 6.42 Å². The zero-order valence-electron chi connectivity index (χ0n) is 10.5. The Morgan fingerprint density at radius 2 is 2.19 bits per heavy atom. The van der Waals surface area contributed by atoms with Crippen LogP contribution in [0.4, 0.5) is 0 Å². The summed E-state index contributed by atoms with van der Waals surface area (Å²) < 4.78 is 0. The number of thiazole rings is 1. The number of hydrogen-bond acceptors (Lipinski definition) is 3. The second kappa shape index (κ2) is 5.28. The maximum Gasteiger partial charge on any atom is 0.0943 e. The predicted molar refractivity (Wildman–Crippen MR) is 70.1 cm³/mol. The molecule has 2 rings (SSSR count). The van der Waals surface area contributed by atoms with Gasteiger partial charge in [-0.2, -0.15) is 0 Å². The Kier molecular flexibility index (Phi) is 3.98. The van der Waals surface area contributed by atoms with Gasteiger partial charge in [-0.25, -0.2) is 4.98 Å². The van der Waals surface area contributed by atoms with Gasteiger partial charge >= 0.3 is 0 Å². The maximum atomic E-state index is 4.57.